The third-order valence-electron chi connectivity index (χ3n) is 4.99. The van der Waals surface area contributed by atoms with Gasteiger partial charge in [-0.05, 0) is 43.2 Å². The molecule has 0 amide bonds. The molecule has 1 aliphatic heterocycles. The lowest BCUT2D eigenvalue weighted by Gasteiger charge is -2.33. The maximum atomic E-state index is 12.7. The van der Waals surface area contributed by atoms with E-state index >= 15 is 0 Å². The van der Waals surface area contributed by atoms with E-state index in [1.807, 2.05) is 32.0 Å². The molecule has 2 aromatic rings. The Hall–Kier alpha value is -1.85. The van der Waals surface area contributed by atoms with Gasteiger partial charge < -0.3 is 9.80 Å². The Morgan fingerprint density at radius 3 is 2.36 bits per heavy atom. The van der Waals surface area contributed by atoms with Crippen molar-refractivity contribution in [1.29, 1.82) is 0 Å². The minimum atomic E-state index is -3.21. The highest BCUT2D eigenvalue weighted by Gasteiger charge is 2.24. The van der Waals surface area contributed by atoms with E-state index in [-0.39, 0.29) is 5.75 Å². The third-order valence-corrected chi connectivity index (χ3v) is 6.85. The summed E-state index contributed by atoms with van der Waals surface area (Å²) >= 11 is 0. The second kappa shape index (κ2) is 7.58. The molecule has 0 aliphatic carbocycles. The first-order valence-electron chi connectivity index (χ1n) is 8.89. The predicted molar refractivity (Wildman–Crippen MR) is 102 cm³/mol. The number of nitrogens with zero attached hydrogens (tertiary/aromatic N) is 1. The van der Waals surface area contributed by atoms with E-state index in [0.717, 1.165) is 37.3 Å². The molecule has 25 heavy (non-hydrogen) atoms. The van der Waals surface area contributed by atoms with E-state index in [1.54, 1.807) is 6.07 Å². The summed E-state index contributed by atoms with van der Waals surface area (Å²) in [5.41, 5.74) is 3.09. The van der Waals surface area contributed by atoms with Crippen molar-refractivity contribution in [2.45, 2.75) is 18.7 Å². The van der Waals surface area contributed by atoms with Gasteiger partial charge in [0.1, 0.15) is 5.75 Å². The van der Waals surface area contributed by atoms with Gasteiger partial charge in [-0.1, -0.05) is 30.3 Å². The molecule has 134 valence electrons. The molecule has 0 atom stereocenters. The smallest absolute Gasteiger partial charge is 0.184 e. The Kier molecular flexibility index (Phi) is 5.45. The Bertz CT molecular complexity index is 811. The van der Waals surface area contributed by atoms with Crippen molar-refractivity contribution in [2.24, 2.45) is 0 Å². The van der Waals surface area contributed by atoms with Crippen LogP contribution in [0.15, 0.2) is 53.4 Å². The standard InChI is InChI=1S/C20H26N2O2S/c1-17-8-9-18(2)20(16-17)25(23,24)15-14-21-10-12-22(13-11-21)19-6-4-3-5-7-19/h3-9,16H,10-15H2,1-2H3/p+1. The number of piperazine rings is 1. The SMILES string of the molecule is Cc1ccc(C)c(S(=O)(=O)CC[NH+]2CCN(c3ccccc3)CC2)c1. The van der Waals surface area contributed by atoms with E-state index in [4.69, 9.17) is 0 Å². The molecule has 0 spiro atoms. The average molecular weight is 360 g/mol. The summed E-state index contributed by atoms with van der Waals surface area (Å²) in [5.74, 6) is 0.220. The summed E-state index contributed by atoms with van der Waals surface area (Å²) < 4.78 is 25.4. The number of quaternary nitrogens is 1. The summed E-state index contributed by atoms with van der Waals surface area (Å²) in [5, 5.41) is 0. The quantitative estimate of drug-likeness (QED) is 0.879. The summed E-state index contributed by atoms with van der Waals surface area (Å²) in [4.78, 5) is 4.25. The van der Waals surface area contributed by atoms with E-state index in [2.05, 4.69) is 29.2 Å². The van der Waals surface area contributed by atoms with Crippen LogP contribution in [0.1, 0.15) is 11.1 Å². The molecule has 2 aromatic carbocycles. The van der Waals surface area contributed by atoms with Crippen LogP contribution in [0.3, 0.4) is 0 Å². The van der Waals surface area contributed by atoms with E-state index in [0.29, 0.717) is 11.4 Å². The summed E-state index contributed by atoms with van der Waals surface area (Å²) in [6, 6.07) is 16.1. The number of nitrogens with one attached hydrogen (secondary N) is 1. The molecular weight excluding hydrogens is 332 g/mol. The van der Waals surface area contributed by atoms with Crippen molar-refractivity contribution in [1.82, 2.24) is 0 Å². The Balaban J connectivity index is 1.57. The highest BCUT2D eigenvalue weighted by molar-refractivity contribution is 7.91. The number of sulfone groups is 1. The van der Waals surface area contributed by atoms with Crippen LogP contribution in [0, 0.1) is 13.8 Å². The molecule has 1 saturated heterocycles. The highest BCUT2D eigenvalue weighted by atomic mass is 32.2. The van der Waals surface area contributed by atoms with Crippen molar-refractivity contribution in [3.05, 3.63) is 59.7 Å². The minimum Gasteiger partial charge on any atom is -0.360 e. The monoisotopic (exact) mass is 359 g/mol. The van der Waals surface area contributed by atoms with Gasteiger partial charge in [-0.25, -0.2) is 8.42 Å². The van der Waals surface area contributed by atoms with Gasteiger partial charge in [-0.15, -0.1) is 0 Å². The molecule has 0 unspecified atom stereocenters. The Morgan fingerprint density at radius 2 is 1.68 bits per heavy atom. The zero-order chi connectivity index (χ0) is 17.9. The van der Waals surface area contributed by atoms with Crippen LogP contribution in [-0.2, 0) is 9.84 Å². The maximum absolute atomic E-state index is 12.7. The van der Waals surface area contributed by atoms with Crippen molar-refractivity contribution < 1.29 is 13.3 Å². The van der Waals surface area contributed by atoms with Gasteiger partial charge >= 0.3 is 0 Å². The summed E-state index contributed by atoms with van der Waals surface area (Å²) in [7, 11) is -3.21. The number of para-hydroxylation sites is 1. The van der Waals surface area contributed by atoms with Crippen molar-refractivity contribution in [2.75, 3.05) is 43.4 Å². The van der Waals surface area contributed by atoms with Crippen LogP contribution in [-0.4, -0.2) is 46.9 Å². The van der Waals surface area contributed by atoms with Crippen molar-refractivity contribution >= 4 is 15.5 Å². The molecule has 0 radical (unpaired) electrons. The first kappa shape index (κ1) is 18.0. The molecule has 3 rings (SSSR count). The molecule has 1 aliphatic rings. The number of hydrogen-bond donors (Lipinski definition) is 1. The molecular formula is C20H27N2O2S+. The summed E-state index contributed by atoms with van der Waals surface area (Å²) in [6.45, 7) is 8.41. The van der Waals surface area contributed by atoms with Crippen LogP contribution in [0.5, 0.6) is 0 Å². The number of rotatable bonds is 5. The first-order valence-corrected chi connectivity index (χ1v) is 10.5. The van der Waals surface area contributed by atoms with E-state index in [1.165, 1.54) is 10.6 Å². The molecule has 0 bridgehead atoms. The number of anilines is 1. The molecule has 0 aromatic heterocycles. The lowest BCUT2D eigenvalue weighted by atomic mass is 10.2. The molecule has 4 nitrogen and oxygen atoms in total. The lowest BCUT2D eigenvalue weighted by Crippen LogP contribution is -3.15. The molecule has 0 saturated carbocycles. The second-order valence-corrected chi connectivity index (χ2v) is 8.99. The van der Waals surface area contributed by atoms with Crippen molar-refractivity contribution in [3.8, 4) is 0 Å². The van der Waals surface area contributed by atoms with Gasteiger partial charge in [0, 0.05) is 5.69 Å². The summed E-state index contributed by atoms with van der Waals surface area (Å²) in [6.07, 6.45) is 0. The largest absolute Gasteiger partial charge is 0.360 e. The maximum Gasteiger partial charge on any atom is 0.184 e. The fourth-order valence-corrected chi connectivity index (χ4v) is 5.10. The van der Waals surface area contributed by atoms with Gasteiger partial charge in [0.2, 0.25) is 0 Å². The van der Waals surface area contributed by atoms with Gasteiger partial charge in [0.05, 0.1) is 37.6 Å². The molecule has 1 fully saturated rings. The van der Waals surface area contributed by atoms with Gasteiger partial charge in [-0.3, -0.25) is 0 Å². The zero-order valence-electron chi connectivity index (χ0n) is 15.0. The highest BCUT2D eigenvalue weighted by Crippen LogP contribution is 2.18. The Morgan fingerprint density at radius 1 is 1.00 bits per heavy atom. The topological polar surface area (TPSA) is 41.8 Å². The van der Waals surface area contributed by atoms with Gasteiger partial charge in [0.25, 0.3) is 0 Å². The molecule has 1 N–H and O–H groups in total. The first-order chi connectivity index (χ1) is 12.0. The number of benzene rings is 2. The zero-order valence-corrected chi connectivity index (χ0v) is 15.8. The van der Waals surface area contributed by atoms with E-state index < -0.39 is 9.84 Å². The molecule has 5 heteroatoms. The minimum absolute atomic E-state index is 0.220. The van der Waals surface area contributed by atoms with Crippen molar-refractivity contribution in [3.63, 3.8) is 0 Å². The van der Waals surface area contributed by atoms with Gasteiger partial charge in [-0.2, -0.15) is 0 Å². The van der Waals surface area contributed by atoms with Crippen LogP contribution < -0.4 is 9.80 Å². The molecule has 1 heterocycles. The average Bonchev–Trinajstić information content (AvgIpc) is 2.63. The lowest BCUT2D eigenvalue weighted by molar-refractivity contribution is -0.898. The predicted octanol–water partition coefficient (Wildman–Crippen LogP) is 1.48. The fraction of sp³-hybridized carbons (Fsp3) is 0.400. The van der Waals surface area contributed by atoms with Crippen LogP contribution in [0.2, 0.25) is 0 Å². The number of hydrogen-bond acceptors (Lipinski definition) is 3. The normalized spacial score (nSPS) is 16.2. The third kappa shape index (κ3) is 4.41. The Labute approximate surface area is 151 Å². The van der Waals surface area contributed by atoms with E-state index in [9.17, 15) is 8.42 Å². The van der Waals surface area contributed by atoms with Crippen LogP contribution >= 0.6 is 0 Å². The second-order valence-electron chi connectivity index (χ2n) is 6.91. The fourth-order valence-electron chi connectivity index (χ4n) is 3.40. The van der Waals surface area contributed by atoms with Crippen LogP contribution in [0.4, 0.5) is 5.69 Å². The van der Waals surface area contributed by atoms with Crippen LogP contribution in [0.25, 0.3) is 0 Å². The number of aryl methyl sites for hydroxylation is 2. The van der Waals surface area contributed by atoms with Gasteiger partial charge in [0.15, 0.2) is 9.84 Å².